The highest BCUT2D eigenvalue weighted by Gasteiger charge is 2.19. The molecule has 0 N–H and O–H groups in total. The van der Waals surface area contributed by atoms with Crippen LogP contribution in [0.2, 0.25) is 0 Å². The van der Waals surface area contributed by atoms with Gasteiger partial charge in [0, 0.05) is 19.3 Å². The molecule has 6 nitrogen and oxygen atoms in total. The largest absolute Gasteiger partial charge is 0.462 e. The maximum atomic E-state index is 12.9. The lowest BCUT2D eigenvalue weighted by Crippen LogP contribution is -2.30. The third-order valence-electron chi connectivity index (χ3n) is 12.4. The number of hydrogen-bond acceptors (Lipinski definition) is 6. The molecule has 0 bridgehead atoms. The number of carbonyl (C=O) groups is 3. The molecule has 0 saturated heterocycles. The van der Waals surface area contributed by atoms with Crippen LogP contribution in [0.5, 0.6) is 0 Å². The minimum absolute atomic E-state index is 0.104. The van der Waals surface area contributed by atoms with Crippen LogP contribution in [-0.2, 0) is 28.6 Å². The molecule has 418 valence electrons. The summed E-state index contributed by atoms with van der Waals surface area (Å²) in [4.78, 5) is 38.2. The zero-order valence-electron chi connectivity index (χ0n) is 47.8. The van der Waals surface area contributed by atoms with E-state index in [1.165, 1.54) is 70.6 Å². The molecule has 1 unspecified atom stereocenters. The van der Waals surface area contributed by atoms with Crippen molar-refractivity contribution < 1.29 is 28.6 Å². The predicted molar refractivity (Wildman–Crippen MR) is 320 cm³/mol. The van der Waals surface area contributed by atoms with E-state index in [1.807, 2.05) is 0 Å². The number of allylic oxidation sites excluding steroid dienone is 22. The van der Waals surface area contributed by atoms with Crippen LogP contribution >= 0.6 is 0 Å². The fraction of sp³-hybridized carbons (Fsp3) is 0.632. The van der Waals surface area contributed by atoms with Gasteiger partial charge in [-0.2, -0.15) is 0 Å². The van der Waals surface area contributed by atoms with Crippen LogP contribution < -0.4 is 0 Å². The quantitative estimate of drug-likeness (QED) is 0.0261. The molecular weight excluding hydrogens is 913 g/mol. The number of rotatable bonds is 53. The number of ether oxygens (including phenoxy) is 3. The molecule has 74 heavy (non-hydrogen) atoms. The van der Waals surface area contributed by atoms with Gasteiger partial charge in [-0.25, -0.2) is 0 Å². The Balaban J connectivity index is 4.43. The molecule has 0 aromatic rings. The molecule has 6 heteroatoms. The van der Waals surface area contributed by atoms with E-state index >= 15 is 0 Å². The van der Waals surface area contributed by atoms with Crippen LogP contribution in [0.4, 0.5) is 0 Å². The monoisotopic (exact) mass is 1020 g/mol. The highest BCUT2D eigenvalue weighted by Crippen LogP contribution is 2.14. The highest BCUT2D eigenvalue weighted by molar-refractivity contribution is 5.71. The maximum absolute atomic E-state index is 12.9. The summed E-state index contributed by atoms with van der Waals surface area (Å²) in [6.07, 6.45) is 85.9. The summed E-state index contributed by atoms with van der Waals surface area (Å²) in [5.41, 5.74) is 0. The Morgan fingerprint density at radius 3 is 0.851 bits per heavy atom. The summed E-state index contributed by atoms with van der Waals surface area (Å²) >= 11 is 0. The van der Waals surface area contributed by atoms with Crippen LogP contribution in [0, 0.1) is 0 Å². The second-order valence-corrected chi connectivity index (χ2v) is 19.5. The molecular formula is C68H110O6. The van der Waals surface area contributed by atoms with Crippen LogP contribution in [0.25, 0.3) is 0 Å². The Labute approximate surface area is 455 Å². The van der Waals surface area contributed by atoms with Crippen molar-refractivity contribution in [1.29, 1.82) is 0 Å². The SMILES string of the molecule is CC/C=C\C/C=C\C/C=C\C/C=C\C/C=C\CCCCCCCCCCCC(=O)OCC(COC(=O)CCCC/C=C\C/C=C\C/C=C\C/C=C\CC)OC(=O)CCCCCCC/C=C\C/C=C\CCCCCC. The first kappa shape index (κ1) is 69.5. The maximum Gasteiger partial charge on any atom is 0.306 e. The topological polar surface area (TPSA) is 78.9 Å². The Morgan fingerprint density at radius 1 is 0.284 bits per heavy atom. The fourth-order valence-electron chi connectivity index (χ4n) is 7.90. The molecule has 0 spiro atoms. The van der Waals surface area contributed by atoms with Crippen molar-refractivity contribution in [2.75, 3.05) is 13.2 Å². The van der Waals surface area contributed by atoms with E-state index in [0.717, 1.165) is 148 Å². The van der Waals surface area contributed by atoms with E-state index in [4.69, 9.17) is 14.2 Å². The summed E-state index contributed by atoms with van der Waals surface area (Å²) in [6.45, 7) is 6.34. The molecule has 0 aliphatic heterocycles. The Morgan fingerprint density at radius 2 is 0.527 bits per heavy atom. The fourth-order valence-corrected chi connectivity index (χ4v) is 7.90. The Bertz CT molecular complexity index is 1600. The van der Waals surface area contributed by atoms with Gasteiger partial charge >= 0.3 is 17.9 Å². The number of esters is 3. The van der Waals surface area contributed by atoms with E-state index in [0.29, 0.717) is 19.3 Å². The lowest BCUT2D eigenvalue weighted by atomic mass is 10.1. The van der Waals surface area contributed by atoms with Crippen LogP contribution in [0.3, 0.4) is 0 Å². The molecule has 0 heterocycles. The van der Waals surface area contributed by atoms with Crippen molar-refractivity contribution >= 4 is 17.9 Å². The standard InChI is InChI=1S/C68H110O6/c1-4-7-10-13-16-19-22-25-28-30-31-32-33-34-35-36-37-38-41-43-46-49-52-55-58-61-67(70)73-64-65(63-72-66(69)60-57-54-51-48-45-42-39-27-24-21-18-15-12-9-6-3)74-68(71)62-59-56-53-50-47-44-40-29-26-23-20-17-14-11-8-5-2/h7,9-10,12,16,18-21,23,25,27-29,31-32,34-35,39-40,45,48,65H,4-6,8,11,13-15,17,22,24,26,30,33,36-38,41-44,46-47,49-64H2,1-3H3/b10-7-,12-9-,19-16-,21-18-,23-20-,28-25-,32-31-,35-34-,39-27-,40-29-,48-45-. The second-order valence-electron chi connectivity index (χ2n) is 19.5. The van der Waals surface area contributed by atoms with Crippen molar-refractivity contribution in [2.45, 2.75) is 264 Å². The number of unbranched alkanes of at least 4 members (excludes halogenated alkanes) is 20. The Hall–Kier alpha value is -4.45. The first-order valence-corrected chi connectivity index (χ1v) is 30.2. The Kier molecular flexibility index (Phi) is 57.4. The number of hydrogen-bond donors (Lipinski definition) is 0. The molecule has 0 rings (SSSR count). The molecule has 0 fully saturated rings. The van der Waals surface area contributed by atoms with Gasteiger partial charge in [-0.3, -0.25) is 14.4 Å². The van der Waals surface area contributed by atoms with Gasteiger partial charge in [-0.1, -0.05) is 238 Å². The smallest absolute Gasteiger partial charge is 0.306 e. The summed E-state index contributed by atoms with van der Waals surface area (Å²) in [7, 11) is 0. The molecule has 0 aliphatic carbocycles. The van der Waals surface area contributed by atoms with Crippen LogP contribution in [0.1, 0.15) is 258 Å². The van der Waals surface area contributed by atoms with Gasteiger partial charge in [0.15, 0.2) is 6.10 Å². The van der Waals surface area contributed by atoms with Gasteiger partial charge in [0.2, 0.25) is 0 Å². The first-order chi connectivity index (χ1) is 36.5. The van der Waals surface area contributed by atoms with E-state index in [2.05, 4.69) is 154 Å². The molecule has 0 radical (unpaired) electrons. The van der Waals surface area contributed by atoms with E-state index < -0.39 is 6.10 Å². The average molecular weight is 1020 g/mol. The zero-order valence-corrected chi connectivity index (χ0v) is 47.8. The summed E-state index contributed by atoms with van der Waals surface area (Å²) < 4.78 is 16.8. The van der Waals surface area contributed by atoms with E-state index in [9.17, 15) is 14.4 Å². The number of carbonyl (C=O) groups excluding carboxylic acids is 3. The lowest BCUT2D eigenvalue weighted by Gasteiger charge is -2.18. The van der Waals surface area contributed by atoms with Gasteiger partial charge in [-0.15, -0.1) is 0 Å². The van der Waals surface area contributed by atoms with Crippen molar-refractivity contribution in [3.8, 4) is 0 Å². The third kappa shape index (κ3) is 58.4. The molecule has 0 aromatic heterocycles. The van der Waals surface area contributed by atoms with E-state index in [-0.39, 0.29) is 31.1 Å². The van der Waals surface area contributed by atoms with Gasteiger partial charge < -0.3 is 14.2 Å². The summed E-state index contributed by atoms with van der Waals surface area (Å²) in [5, 5.41) is 0. The van der Waals surface area contributed by atoms with Crippen molar-refractivity contribution in [1.82, 2.24) is 0 Å². The van der Waals surface area contributed by atoms with Crippen LogP contribution in [-0.4, -0.2) is 37.2 Å². The minimum atomic E-state index is -0.811. The average Bonchev–Trinajstić information content (AvgIpc) is 3.40. The predicted octanol–water partition coefficient (Wildman–Crippen LogP) is 20.6. The van der Waals surface area contributed by atoms with Crippen molar-refractivity contribution in [3.63, 3.8) is 0 Å². The van der Waals surface area contributed by atoms with Gasteiger partial charge in [-0.05, 0) is 135 Å². The van der Waals surface area contributed by atoms with Crippen molar-refractivity contribution in [3.05, 3.63) is 134 Å². The molecule has 0 saturated carbocycles. The molecule has 0 aromatic carbocycles. The zero-order chi connectivity index (χ0) is 53.6. The lowest BCUT2D eigenvalue weighted by molar-refractivity contribution is -0.167. The summed E-state index contributed by atoms with van der Waals surface area (Å²) in [5.74, 6) is -0.968. The second kappa shape index (κ2) is 61.1. The van der Waals surface area contributed by atoms with E-state index in [1.54, 1.807) is 0 Å². The van der Waals surface area contributed by atoms with Gasteiger partial charge in [0.1, 0.15) is 13.2 Å². The van der Waals surface area contributed by atoms with Gasteiger partial charge in [0.05, 0.1) is 0 Å². The highest BCUT2D eigenvalue weighted by atomic mass is 16.6. The molecule has 0 amide bonds. The normalized spacial score (nSPS) is 13.1. The molecule has 0 aliphatic rings. The van der Waals surface area contributed by atoms with Crippen molar-refractivity contribution in [2.24, 2.45) is 0 Å². The summed E-state index contributed by atoms with van der Waals surface area (Å²) in [6, 6.07) is 0. The first-order valence-electron chi connectivity index (χ1n) is 30.2. The third-order valence-corrected chi connectivity index (χ3v) is 12.4. The van der Waals surface area contributed by atoms with Crippen LogP contribution in [0.15, 0.2) is 134 Å². The minimum Gasteiger partial charge on any atom is -0.462 e. The molecule has 1 atom stereocenters. The van der Waals surface area contributed by atoms with Gasteiger partial charge in [0.25, 0.3) is 0 Å².